The van der Waals surface area contributed by atoms with Gasteiger partial charge in [-0.15, -0.1) is 11.3 Å². The summed E-state index contributed by atoms with van der Waals surface area (Å²) in [5.41, 5.74) is 7.77. The molecule has 0 radical (unpaired) electrons. The van der Waals surface area contributed by atoms with Crippen LogP contribution in [0.5, 0.6) is 0 Å². The zero-order valence-electron chi connectivity index (χ0n) is 20.9. The van der Waals surface area contributed by atoms with E-state index in [2.05, 4.69) is 28.2 Å². The van der Waals surface area contributed by atoms with E-state index >= 15 is 0 Å². The third-order valence-electron chi connectivity index (χ3n) is 7.83. The van der Waals surface area contributed by atoms with E-state index < -0.39 is 0 Å². The van der Waals surface area contributed by atoms with Crippen LogP contribution in [0.15, 0.2) is 0 Å². The highest BCUT2D eigenvalue weighted by Crippen LogP contribution is 2.43. The average molecular weight is 503 g/mol. The number of likely N-dealkylation sites (tertiary alicyclic amines) is 2. The second-order valence-electron chi connectivity index (χ2n) is 10.1. The Morgan fingerprint density at radius 2 is 2.06 bits per heavy atom. The van der Waals surface area contributed by atoms with E-state index in [9.17, 15) is 14.9 Å². The van der Waals surface area contributed by atoms with Crippen molar-refractivity contribution in [1.29, 1.82) is 5.26 Å². The lowest BCUT2D eigenvalue weighted by Gasteiger charge is -2.45. The molecule has 0 spiro atoms. The van der Waals surface area contributed by atoms with Crippen molar-refractivity contribution in [2.45, 2.75) is 44.6 Å². The second-order valence-corrected chi connectivity index (χ2v) is 11.2. The average Bonchev–Trinajstić information content (AvgIpc) is 3.17. The molecular weight excluding hydrogens is 464 g/mol. The van der Waals surface area contributed by atoms with Crippen molar-refractivity contribution in [3.05, 3.63) is 16.0 Å². The van der Waals surface area contributed by atoms with Gasteiger partial charge in [0.05, 0.1) is 24.6 Å². The normalized spacial score (nSPS) is 24.8. The van der Waals surface area contributed by atoms with E-state index in [-0.39, 0.29) is 30.3 Å². The number of ether oxygens (including phenoxy) is 1. The molecule has 1 aromatic rings. The first-order chi connectivity index (χ1) is 16.9. The standard InChI is InChI=1S/C25H38N6O3S/c1-29-16-18(12-17-13-19-20(15-26)23(27)35-22(19)14-21(17)29)24(32)31(10-11-34-2)25(33)28-6-9-30-7-4-3-5-8-30/h17-18,21H,3-14,16,27H2,1-2H3,(H,28,33)/t17-,18-,21-/m1/s1. The molecule has 2 saturated heterocycles. The van der Waals surface area contributed by atoms with Crippen molar-refractivity contribution >= 4 is 28.3 Å². The molecule has 2 fully saturated rings. The Bertz CT molecular complexity index is 954. The smallest absolute Gasteiger partial charge is 0.324 e. The Kier molecular flexibility index (Phi) is 8.65. The molecule has 1 aliphatic carbocycles. The molecule has 192 valence electrons. The van der Waals surface area contributed by atoms with Crippen LogP contribution >= 0.6 is 11.3 Å². The van der Waals surface area contributed by atoms with Gasteiger partial charge in [-0.3, -0.25) is 9.69 Å². The summed E-state index contributed by atoms with van der Waals surface area (Å²) in [6, 6.07) is 2.26. The van der Waals surface area contributed by atoms with Crippen LogP contribution in [0.3, 0.4) is 0 Å². The quantitative estimate of drug-likeness (QED) is 0.585. The number of thiophene rings is 1. The van der Waals surface area contributed by atoms with Gasteiger partial charge >= 0.3 is 6.03 Å². The molecule has 10 heteroatoms. The third kappa shape index (κ3) is 5.80. The van der Waals surface area contributed by atoms with Crippen LogP contribution in [-0.4, -0.2) is 92.7 Å². The number of fused-ring (bicyclic) bond motifs is 2. The van der Waals surface area contributed by atoms with Crippen LogP contribution in [0.25, 0.3) is 0 Å². The van der Waals surface area contributed by atoms with E-state index in [0.717, 1.165) is 38.0 Å². The van der Waals surface area contributed by atoms with Gasteiger partial charge in [0.2, 0.25) is 5.91 Å². The van der Waals surface area contributed by atoms with Gasteiger partial charge in [0.25, 0.3) is 0 Å². The number of hydrogen-bond donors (Lipinski definition) is 2. The Morgan fingerprint density at radius 3 is 2.77 bits per heavy atom. The largest absolute Gasteiger partial charge is 0.389 e. The molecule has 3 heterocycles. The van der Waals surface area contributed by atoms with Crippen molar-refractivity contribution in [3.63, 3.8) is 0 Å². The molecule has 0 unspecified atom stereocenters. The fraction of sp³-hybridized carbons (Fsp3) is 0.720. The van der Waals surface area contributed by atoms with E-state index in [1.54, 1.807) is 7.11 Å². The molecule has 3 atom stereocenters. The van der Waals surface area contributed by atoms with Crippen molar-refractivity contribution in [2.24, 2.45) is 11.8 Å². The van der Waals surface area contributed by atoms with Gasteiger partial charge in [-0.25, -0.2) is 4.79 Å². The van der Waals surface area contributed by atoms with Gasteiger partial charge in [-0.2, -0.15) is 5.26 Å². The molecule has 3 amide bonds. The first-order valence-electron chi connectivity index (χ1n) is 12.7. The first kappa shape index (κ1) is 25.9. The molecule has 0 bridgehead atoms. The fourth-order valence-electron chi connectivity index (χ4n) is 5.96. The van der Waals surface area contributed by atoms with Gasteiger partial charge in [0.1, 0.15) is 11.1 Å². The molecule has 2 aliphatic heterocycles. The second kappa shape index (κ2) is 11.7. The maximum Gasteiger partial charge on any atom is 0.324 e. The molecule has 4 rings (SSSR count). The molecule has 9 nitrogen and oxygen atoms in total. The zero-order valence-corrected chi connectivity index (χ0v) is 21.7. The number of nitrogens with one attached hydrogen (secondary N) is 1. The molecule has 0 aromatic carbocycles. The van der Waals surface area contributed by atoms with Gasteiger partial charge in [-0.1, -0.05) is 6.42 Å². The summed E-state index contributed by atoms with van der Waals surface area (Å²) in [6.07, 6.45) is 6.01. The summed E-state index contributed by atoms with van der Waals surface area (Å²) in [6.45, 7) is 4.65. The third-order valence-corrected chi connectivity index (χ3v) is 8.91. The van der Waals surface area contributed by atoms with Crippen LogP contribution in [0.4, 0.5) is 9.80 Å². The van der Waals surface area contributed by atoms with Gasteiger partial charge in [-0.05, 0) is 63.7 Å². The molecule has 1 aromatic heterocycles. The Hall–Kier alpha value is -2.19. The summed E-state index contributed by atoms with van der Waals surface area (Å²) < 4.78 is 5.20. The van der Waals surface area contributed by atoms with Crippen molar-refractivity contribution < 1.29 is 14.3 Å². The summed E-state index contributed by atoms with van der Waals surface area (Å²) in [5.74, 6) is -0.157. The number of nitriles is 1. The first-order valence-corrected chi connectivity index (χ1v) is 13.5. The van der Waals surface area contributed by atoms with E-state index in [4.69, 9.17) is 10.5 Å². The predicted molar refractivity (Wildman–Crippen MR) is 136 cm³/mol. The van der Waals surface area contributed by atoms with Crippen molar-refractivity contribution in [2.75, 3.05) is 65.8 Å². The lowest BCUT2D eigenvalue weighted by atomic mass is 9.74. The monoisotopic (exact) mass is 502 g/mol. The summed E-state index contributed by atoms with van der Waals surface area (Å²) in [4.78, 5) is 33.8. The van der Waals surface area contributed by atoms with Crippen LogP contribution in [-0.2, 0) is 22.4 Å². The number of nitrogens with zero attached hydrogens (tertiary/aromatic N) is 4. The molecule has 35 heavy (non-hydrogen) atoms. The topological polar surface area (TPSA) is 115 Å². The number of imide groups is 1. The van der Waals surface area contributed by atoms with Gasteiger partial charge in [0.15, 0.2) is 0 Å². The van der Waals surface area contributed by atoms with Gasteiger partial charge < -0.3 is 25.6 Å². The number of amides is 3. The van der Waals surface area contributed by atoms with Crippen molar-refractivity contribution in [3.8, 4) is 6.07 Å². The number of nitrogens with two attached hydrogens (primary N) is 1. The number of likely N-dealkylation sites (N-methyl/N-ethyl adjacent to an activating group) is 1. The van der Waals surface area contributed by atoms with E-state index in [0.29, 0.717) is 42.7 Å². The summed E-state index contributed by atoms with van der Waals surface area (Å²) in [7, 11) is 3.64. The Labute approximate surface area is 212 Å². The minimum atomic E-state index is -0.336. The number of rotatable bonds is 7. The van der Waals surface area contributed by atoms with Crippen LogP contribution in [0.1, 0.15) is 41.7 Å². The molecule has 3 N–H and O–H groups in total. The Morgan fingerprint density at radius 1 is 1.29 bits per heavy atom. The van der Waals surface area contributed by atoms with Gasteiger partial charge in [0, 0.05) is 37.7 Å². The number of methoxy groups -OCH3 is 1. The summed E-state index contributed by atoms with van der Waals surface area (Å²) >= 11 is 1.53. The van der Waals surface area contributed by atoms with Crippen molar-refractivity contribution in [1.82, 2.24) is 20.0 Å². The maximum absolute atomic E-state index is 13.6. The van der Waals surface area contributed by atoms with Crippen LogP contribution in [0, 0.1) is 23.2 Å². The molecule has 0 saturated carbocycles. The van der Waals surface area contributed by atoms with Crippen LogP contribution in [0.2, 0.25) is 0 Å². The van der Waals surface area contributed by atoms with Crippen LogP contribution < -0.4 is 11.1 Å². The number of carbonyl (C=O) groups is 2. The number of piperidine rings is 2. The highest BCUT2D eigenvalue weighted by molar-refractivity contribution is 7.16. The fourth-order valence-corrected chi connectivity index (χ4v) is 7.06. The summed E-state index contributed by atoms with van der Waals surface area (Å²) in [5, 5.41) is 13.1. The Balaban J connectivity index is 1.40. The highest BCUT2D eigenvalue weighted by atomic mass is 32.1. The number of anilines is 1. The minimum Gasteiger partial charge on any atom is -0.389 e. The lowest BCUT2D eigenvalue weighted by Crippen LogP contribution is -2.56. The molecular formula is C25H38N6O3S. The zero-order chi connectivity index (χ0) is 24.9. The molecule has 3 aliphatic rings. The minimum absolute atomic E-state index is 0.140. The number of hydrogen-bond acceptors (Lipinski definition) is 8. The number of nitrogen functional groups attached to an aromatic ring is 1. The lowest BCUT2D eigenvalue weighted by molar-refractivity contribution is -0.136. The van der Waals surface area contributed by atoms with E-state index in [1.807, 2.05) is 0 Å². The SMILES string of the molecule is COCCN(C(=O)NCCN1CCCCC1)C(=O)[C@@H]1C[C@@H]2Cc3c(sc(N)c3C#N)C[C@H]2N(C)C1. The number of carbonyl (C=O) groups excluding carboxylic acids is 2. The highest BCUT2D eigenvalue weighted by Gasteiger charge is 2.43. The van der Waals surface area contributed by atoms with E-state index in [1.165, 1.54) is 40.4 Å². The maximum atomic E-state index is 13.6. The number of urea groups is 1. The predicted octanol–water partition coefficient (Wildman–Crippen LogP) is 1.91.